The number of aromatic nitrogens is 2. The van der Waals surface area contributed by atoms with E-state index in [1.807, 2.05) is 18.4 Å². The second-order valence-corrected chi connectivity index (χ2v) is 8.23. The summed E-state index contributed by atoms with van der Waals surface area (Å²) in [5.74, 6) is 4.66. The number of rotatable bonds is 4. The van der Waals surface area contributed by atoms with Crippen molar-refractivity contribution in [3.05, 3.63) is 10.0 Å². The van der Waals surface area contributed by atoms with Gasteiger partial charge in [-0.2, -0.15) is 0 Å². The van der Waals surface area contributed by atoms with Crippen LogP contribution in [0.25, 0.3) is 0 Å². The van der Waals surface area contributed by atoms with Crippen molar-refractivity contribution in [2.24, 2.45) is 23.7 Å². The minimum atomic E-state index is 0.387. The molecule has 3 nitrogen and oxygen atoms in total. The van der Waals surface area contributed by atoms with Crippen molar-refractivity contribution < 1.29 is 0 Å². The molecule has 20 heavy (non-hydrogen) atoms. The van der Waals surface area contributed by atoms with Gasteiger partial charge in [-0.25, -0.2) is 0 Å². The van der Waals surface area contributed by atoms with Crippen LogP contribution in [0.5, 0.6) is 0 Å². The largest absolute Gasteiger partial charge is 0.311 e. The van der Waals surface area contributed by atoms with Crippen LogP contribution >= 0.6 is 11.3 Å². The van der Waals surface area contributed by atoms with Gasteiger partial charge in [-0.15, -0.1) is 10.2 Å². The maximum atomic E-state index is 4.61. The Kier molecular flexibility index (Phi) is 3.34. The highest BCUT2D eigenvalue weighted by Crippen LogP contribution is 2.60. The molecule has 1 unspecified atom stereocenters. The molecule has 1 atom stereocenters. The molecule has 4 aliphatic rings. The minimum Gasteiger partial charge on any atom is -0.311 e. The van der Waals surface area contributed by atoms with Crippen LogP contribution in [0.3, 0.4) is 0 Å². The third kappa shape index (κ3) is 2.03. The molecule has 0 aromatic carbocycles. The van der Waals surface area contributed by atoms with Gasteiger partial charge in [-0.1, -0.05) is 18.3 Å². The zero-order valence-corrected chi connectivity index (χ0v) is 13.3. The molecule has 0 amide bonds. The Morgan fingerprint density at radius 2 is 1.75 bits per heavy atom. The molecule has 1 aromatic rings. The van der Waals surface area contributed by atoms with Gasteiger partial charge in [0.15, 0.2) is 0 Å². The Bertz CT molecular complexity index is 452. The molecule has 4 aliphatic carbocycles. The summed E-state index contributed by atoms with van der Waals surface area (Å²) in [6, 6.07) is 0.387. The molecule has 4 fully saturated rings. The van der Waals surface area contributed by atoms with Gasteiger partial charge in [-0.3, -0.25) is 0 Å². The quantitative estimate of drug-likeness (QED) is 0.918. The van der Waals surface area contributed by atoms with Gasteiger partial charge in [-0.05, 0) is 69.2 Å². The van der Waals surface area contributed by atoms with Gasteiger partial charge in [0.2, 0.25) is 0 Å². The fourth-order valence-corrected chi connectivity index (χ4v) is 6.68. The van der Waals surface area contributed by atoms with E-state index in [9.17, 15) is 0 Å². The van der Waals surface area contributed by atoms with Crippen molar-refractivity contribution in [3.8, 4) is 0 Å². The SMILES string of the molecule is CCC(NC)c1nnc(C2C3CC4CC(C3)CC2C4)s1. The maximum absolute atomic E-state index is 4.61. The predicted octanol–water partition coefficient (Wildman–Crippen LogP) is 3.75. The summed E-state index contributed by atoms with van der Waals surface area (Å²) in [5, 5.41) is 15.0. The summed E-state index contributed by atoms with van der Waals surface area (Å²) in [6.07, 6.45) is 8.49. The van der Waals surface area contributed by atoms with Gasteiger partial charge in [0.25, 0.3) is 0 Å². The average Bonchev–Trinajstić information content (AvgIpc) is 2.88. The van der Waals surface area contributed by atoms with Gasteiger partial charge >= 0.3 is 0 Å². The predicted molar refractivity (Wildman–Crippen MR) is 81.8 cm³/mol. The summed E-state index contributed by atoms with van der Waals surface area (Å²) in [7, 11) is 2.03. The normalized spacial score (nSPS) is 40.2. The van der Waals surface area contributed by atoms with Crippen LogP contribution in [-0.2, 0) is 0 Å². The fraction of sp³-hybridized carbons (Fsp3) is 0.875. The lowest BCUT2D eigenvalue weighted by Gasteiger charge is -2.53. The van der Waals surface area contributed by atoms with Crippen LogP contribution < -0.4 is 5.32 Å². The van der Waals surface area contributed by atoms with Gasteiger partial charge in [0.1, 0.15) is 10.0 Å². The molecule has 4 heteroatoms. The van der Waals surface area contributed by atoms with E-state index in [1.54, 1.807) is 0 Å². The number of nitrogens with one attached hydrogen (secondary N) is 1. The van der Waals surface area contributed by atoms with Gasteiger partial charge in [0.05, 0.1) is 6.04 Å². The van der Waals surface area contributed by atoms with Crippen molar-refractivity contribution in [2.45, 2.75) is 57.4 Å². The molecule has 4 bridgehead atoms. The molecule has 5 rings (SSSR count). The molecule has 1 heterocycles. The second kappa shape index (κ2) is 5.06. The van der Waals surface area contributed by atoms with Crippen LogP contribution in [-0.4, -0.2) is 17.2 Å². The van der Waals surface area contributed by atoms with E-state index < -0.39 is 0 Å². The molecule has 0 saturated heterocycles. The summed E-state index contributed by atoms with van der Waals surface area (Å²) < 4.78 is 0. The average molecular weight is 291 g/mol. The highest BCUT2D eigenvalue weighted by molar-refractivity contribution is 7.11. The molecule has 0 spiro atoms. The first-order chi connectivity index (χ1) is 9.78. The standard InChI is InChI=1S/C16H25N3S/c1-3-13(17-2)15-18-19-16(20-15)14-11-5-9-4-10(7-11)8-12(14)6-9/h9-14,17H,3-8H2,1-2H3. The van der Waals surface area contributed by atoms with E-state index in [0.29, 0.717) is 6.04 Å². The Morgan fingerprint density at radius 3 is 2.30 bits per heavy atom. The van der Waals surface area contributed by atoms with E-state index in [2.05, 4.69) is 22.4 Å². The number of nitrogens with zero attached hydrogens (tertiary/aromatic N) is 2. The Balaban J connectivity index is 1.59. The molecular formula is C16H25N3S. The first-order valence-corrected chi connectivity index (χ1v) is 9.10. The van der Waals surface area contributed by atoms with Crippen LogP contribution in [0.15, 0.2) is 0 Å². The molecular weight excluding hydrogens is 266 g/mol. The molecule has 1 aromatic heterocycles. The van der Waals surface area contributed by atoms with Crippen molar-refractivity contribution in [2.75, 3.05) is 7.05 Å². The Morgan fingerprint density at radius 1 is 1.10 bits per heavy atom. The van der Waals surface area contributed by atoms with Crippen LogP contribution in [0, 0.1) is 23.7 Å². The Labute approximate surface area is 125 Å². The van der Waals surface area contributed by atoms with E-state index in [-0.39, 0.29) is 0 Å². The lowest BCUT2D eigenvalue weighted by molar-refractivity contribution is -0.00303. The minimum absolute atomic E-state index is 0.387. The molecule has 110 valence electrons. The molecule has 4 saturated carbocycles. The Hall–Kier alpha value is -0.480. The van der Waals surface area contributed by atoms with Crippen LogP contribution in [0.1, 0.15) is 67.4 Å². The topological polar surface area (TPSA) is 37.8 Å². The summed E-state index contributed by atoms with van der Waals surface area (Å²) >= 11 is 1.88. The van der Waals surface area contributed by atoms with E-state index in [4.69, 9.17) is 0 Å². The highest BCUT2D eigenvalue weighted by Gasteiger charge is 2.49. The van der Waals surface area contributed by atoms with Crippen molar-refractivity contribution >= 4 is 11.3 Å². The maximum Gasteiger partial charge on any atom is 0.134 e. The van der Waals surface area contributed by atoms with Crippen molar-refractivity contribution in [3.63, 3.8) is 0 Å². The first kappa shape index (κ1) is 13.2. The van der Waals surface area contributed by atoms with Crippen LogP contribution in [0.4, 0.5) is 0 Å². The smallest absolute Gasteiger partial charge is 0.134 e. The summed E-state index contributed by atoms with van der Waals surface area (Å²) in [4.78, 5) is 0. The first-order valence-electron chi connectivity index (χ1n) is 8.29. The molecule has 0 radical (unpaired) electrons. The van der Waals surface area contributed by atoms with E-state index in [1.165, 1.54) is 42.1 Å². The van der Waals surface area contributed by atoms with E-state index >= 15 is 0 Å². The summed E-state index contributed by atoms with van der Waals surface area (Å²) in [6.45, 7) is 2.21. The fourth-order valence-electron chi connectivity index (χ4n) is 5.35. The third-order valence-corrected chi connectivity index (χ3v) is 7.16. The van der Waals surface area contributed by atoms with Crippen LogP contribution in [0.2, 0.25) is 0 Å². The highest BCUT2D eigenvalue weighted by atomic mass is 32.1. The van der Waals surface area contributed by atoms with Gasteiger partial charge < -0.3 is 5.32 Å². The molecule has 0 aliphatic heterocycles. The molecule has 1 N–H and O–H groups in total. The van der Waals surface area contributed by atoms with Crippen molar-refractivity contribution in [1.29, 1.82) is 0 Å². The van der Waals surface area contributed by atoms with Crippen molar-refractivity contribution in [1.82, 2.24) is 15.5 Å². The second-order valence-electron chi connectivity index (χ2n) is 7.18. The zero-order valence-electron chi connectivity index (χ0n) is 12.5. The monoisotopic (exact) mass is 291 g/mol. The lowest BCUT2D eigenvalue weighted by atomic mass is 9.52. The number of hydrogen-bond acceptors (Lipinski definition) is 4. The zero-order chi connectivity index (χ0) is 13.7. The van der Waals surface area contributed by atoms with Gasteiger partial charge in [0, 0.05) is 5.92 Å². The number of hydrogen-bond donors (Lipinski definition) is 1. The third-order valence-electron chi connectivity index (χ3n) is 6.02. The lowest BCUT2D eigenvalue weighted by Crippen LogP contribution is -2.43. The summed E-state index contributed by atoms with van der Waals surface area (Å²) in [5.41, 5.74) is 0. The van der Waals surface area contributed by atoms with E-state index in [0.717, 1.165) is 36.0 Å².